The van der Waals surface area contributed by atoms with Crippen LogP contribution in [0.4, 0.5) is 5.69 Å². The van der Waals surface area contributed by atoms with E-state index in [0.717, 1.165) is 13.0 Å². The van der Waals surface area contributed by atoms with Gasteiger partial charge in [-0.2, -0.15) is 0 Å². The standard InChI is InChI=1S/C12H10N2O7/c1-12(19,11(17)18)5-13-9(15)6-3-2-4-7(14(20)21)8(6)10(13)16/h2-4,19H,5H2,1H3,(H,17,18). The van der Waals surface area contributed by atoms with Gasteiger partial charge in [-0.25, -0.2) is 4.79 Å². The molecule has 0 saturated carbocycles. The number of nitrogens with zero attached hydrogens (tertiary/aromatic N) is 2. The molecule has 2 amide bonds. The fourth-order valence-electron chi connectivity index (χ4n) is 1.99. The molecule has 1 unspecified atom stereocenters. The first-order valence-electron chi connectivity index (χ1n) is 5.76. The molecule has 1 aromatic carbocycles. The van der Waals surface area contributed by atoms with Gasteiger partial charge in [-0.1, -0.05) is 6.07 Å². The highest BCUT2D eigenvalue weighted by Gasteiger charge is 2.45. The average molecular weight is 294 g/mol. The first-order valence-corrected chi connectivity index (χ1v) is 5.76. The predicted molar refractivity (Wildman–Crippen MR) is 66.7 cm³/mol. The zero-order valence-corrected chi connectivity index (χ0v) is 10.8. The first-order chi connectivity index (χ1) is 9.66. The van der Waals surface area contributed by atoms with E-state index in [1.54, 1.807) is 0 Å². The van der Waals surface area contributed by atoms with E-state index >= 15 is 0 Å². The van der Waals surface area contributed by atoms with Gasteiger partial charge in [0, 0.05) is 6.07 Å². The topological polar surface area (TPSA) is 138 Å². The van der Waals surface area contributed by atoms with Gasteiger partial charge in [0.1, 0.15) is 5.56 Å². The number of carboxylic acid groups (broad SMARTS) is 1. The number of β-amino-alcohol motifs (C(OH)–C–C–N with tert-alkyl or cyclic N) is 1. The van der Waals surface area contributed by atoms with Crippen molar-refractivity contribution >= 4 is 23.5 Å². The quantitative estimate of drug-likeness (QED) is 0.453. The van der Waals surface area contributed by atoms with Crippen LogP contribution >= 0.6 is 0 Å². The van der Waals surface area contributed by atoms with E-state index in [0.29, 0.717) is 4.90 Å². The van der Waals surface area contributed by atoms with Gasteiger partial charge in [-0.15, -0.1) is 0 Å². The van der Waals surface area contributed by atoms with Crippen molar-refractivity contribution in [1.29, 1.82) is 0 Å². The Morgan fingerprint density at radius 1 is 1.38 bits per heavy atom. The van der Waals surface area contributed by atoms with E-state index < -0.39 is 46.1 Å². The smallest absolute Gasteiger partial charge is 0.337 e. The fraction of sp³-hybridized carbons (Fsp3) is 0.250. The van der Waals surface area contributed by atoms with Crippen molar-refractivity contribution in [3.8, 4) is 0 Å². The number of hydrogen-bond acceptors (Lipinski definition) is 6. The van der Waals surface area contributed by atoms with Gasteiger partial charge in [-0.05, 0) is 13.0 Å². The lowest BCUT2D eigenvalue weighted by Gasteiger charge is -2.23. The molecule has 1 aliphatic rings. The van der Waals surface area contributed by atoms with Gasteiger partial charge < -0.3 is 10.2 Å². The number of aliphatic hydroxyl groups is 1. The highest BCUT2D eigenvalue weighted by Crippen LogP contribution is 2.31. The summed E-state index contributed by atoms with van der Waals surface area (Å²) in [6.07, 6.45) is 0. The van der Waals surface area contributed by atoms with Gasteiger partial charge >= 0.3 is 5.97 Å². The number of imide groups is 1. The second-order valence-corrected chi connectivity index (χ2v) is 4.73. The maximum absolute atomic E-state index is 12.1. The summed E-state index contributed by atoms with van der Waals surface area (Å²) in [4.78, 5) is 45.6. The summed E-state index contributed by atoms with van der Waals surface area (Å²) in [7, 11) is 0. The number of carboxylic acids is 1. The number of carbonyl (C=O) groups excluding carboxylic acids is 2. The highest BCUT2D eigenvalue weighted by molar-refractivity contribution is 6.23. The lowest BCUT2D eigenvalue weighted by molar-refractivity contribution is -0.385. The number of hydrogen-bond donors (Lipinski definition) is 2. The number of nitro benzene ring substituents is 1. The Morgan fingerprint density at radius 2 is 2.00 bits per heavy atom. The summed E-state index contributed by atoms with van der Waals surface area (Å²) in [5.74, 6) is -3.49. The Morgan fingerprint density at radius 3 is 2.52 bits per heavy atom. The molecule has 0 aliphatic carbocycles. The van der Waals surface area contributed by atoms with Crippen LogP contribution in [0.1, 0.15) is 27.6 Å². The van der Waals surface area contributed by atoms with Crippen LogP contribution in [0.3, 0.4) is 0 Å². The van der Waals surface area contributed by atoms with E-state index in [-0.39, 0.29) is 5.56 Å². The number of benzene rings is 1. The molecule has 2 N–H and O–H groups in total. The van der Waals surface area contributed by atoms with Gasteiger partial charge in [0.05, 0.1) is 17.0 Å². The summed E-state index contributed by atoms with van der Waals surface area (Å²) in [5.41, 5.74) is -3.46. The van der Waals surface area contributed by atoms with Crippen LogP contribution in [0.15, 0.2) is 18.2 Å². The number of amides is 2. The molecule has 0 bridgehead atoms. The van der Waals surface area contributed by atoms with Crippen molar-refractivity contribution in [2.45, 2.75) is 12.5 Å². The molecule has 1 aromatic rings. The third-order valence-corrected chi connectivity index (χ3v) is 3.10. The lowest BCUT2D eigenvalue weighted by atomic mass is 10.1. The van der Waals surface area contributed by atoms with Crippen LogP contribution < -0.4 is 0 Å². The van der Waals surface area contributed by atoms with Gasteiger partial charge in [0.2, 0.25) is 0 Å². The number of fused-ring (bicyclic) bond motifs is 1. The minimum absolute atomic E-state index is 0.185. The minimum atomic E-state index is -2.35. The summed E-state index contributed by atoms with van der Waals surface area (Å²) in [6, 6.07) is 3.56. The third-order valence-electron chi connectivity index (χ3n) is 3.10. The molecule has 9 heteroatoms. The monoisotopic (exact) mass is 294 g/mol. The second-order valence-electron chi connectivity index (χ2n) is 4.73. The molecule has 0 fully saturated rings. The van der Waals surface area contributed by atoms with Crippen molar-refractivity contribution in [2.75, 3.05) is 6.54 Å². The Kier molecular flexibility index (Phi) is 3.22. The van der Waals surface area contributed by atoms with Gasteiger partial charge in [0.15, 0.2) is 5.60 Å². The van der Waals surface area contributed by atoms with Crippen molar-refractivity contribution in [2.24, 2.45) is 0 Å². The molecular formula is C12H10N2O7. The van der Waals surface area contributed by atoms with E-state index in [9.17, 15) is 29.6 Å². The van der Waals surface area contributed by atoms with Crippen molar-refractivity contribution < 1.29 is 29.5 Å². The number of aliphatic carboxylic acids is 1. The van der Waals surface area contributed by atoms with E-state index in [1.807, 2.05) is 0 Å². The number of rotatable bonds is 4. The molecule has 0 spiro atoms. The average Bonchev–Trinajstić information content (AvgIpc) is 2.63. The summed E-state index contributed by atoms with van der Waals surface area (Å²) in [5, 5.41) is 29.4. The zero-order chi connectivity index (χ0) is 15.9. The number of carbonyl (C=O) groups is 3. The fourth-order valence-corrected chi connectivity index (χ4v) is 1.99. The predicted octanol–water partition coefficient (Wildman–Crippen LogP) is 0.0264. The molecule has 1 aliphatic heterocycles. The van der Waals surface area contributed by atoms with Crippen LogP contribution in [-0.2, 0) is 4.79 Å². The normalized spacial score (nSPS) is 16.6. The SMILES string of the molecule is CC(O)(CN1C(=O)c2cccc([N+](=O)[O-])c2C1=O)C(=O)O. The van der Waals surface area contributed by atoms with Crippen LogP contribution in [0.25, 0.3) is 0 Å². The Hall–Kier alpha value is -2.81. The molecule has 0 aromatic heterocycles. The van der Waals surface area contributed by atoms with Crippen molar-refractivity contribution in [3.63, 3.8) is 0 Å². The largest absolute Gasteiger partial charge is 0.479 e. The van der Waals surface area contributed by atoms with Gasteiger partial charge in [-0.3, -0.25) is 24.6 Å². The zero-order valence-electron chi connectivity index (χ0n) is 10.8. The molecular weight excluding hydrogens is 284 g/mol. The molecule has 1 heterocycles. The van der Waals surface area contributed by atoms with Gasteiger partial charge in [0.25, 0.3) is 17.5 Å². The molecule has 9 nitrogen and oxygen atoms in total. The molecule has 0 saturated heterocycles. The second kappa shape index (κ2) is 4.63. The molecule has 2 rings (SSSR count). The molecule has 1 atom stereocenters. The van der Waals surface area contributed by atoms with E-state index in [1.165, 1.54) is 12.1 Å². The lowest BCUT2D eigenvalue weighted by Crippen LogP contribution is -2.48. The minimum Gasteiger partial charge on any atom is -0.479 e. The van der Waals surface area contributed by atoms with Crippen LogP contribution in [0, 0.1) is 10.1 Å². The van der Waals surface area contributed by atoms with Crippen LogP contribution in [0.5, 0.6) is 0 Å². The highest BCUT2D eigenvalue weighted by atomic mass is 16.6. The molecule has 0 radical (unpaired) electrons. The maximum atomic E-state index is 12.1. The molecule has 110 valence electrons. The Balaban J connectivity index is 2.46. The summed E-state index contributed by atoms with van der Waals surface area (Å²) in [6.45, 7) is 0.124. The first kappa shape index (κ1) is 14.6. The van der Waals surface area contributed by atoms with Crippen molar-refractivity contribution in [1.82, 2.24) is 4.90 Å². The third kappa shape index (κ3) is 2.23. The summed E-state index contributed by atoms with van der Waals surface area (Å²) >= 11 is 0. The van der Waals surface area contributed by atoms with Crippen LogP contribution in [-0.4, -0.2) is 50.0 Å². The Labute approximate surface area is 117 Å². The summed E-state index contributed by atoms with van der Waals surface area (Å²) < 4.78 is 0. The van der Waals surface area contributed by atoms with Crippen LogP contribution in [0.2, 0.25) is 0 Å². The molecule has 21 heavy (non-hydrogen) atoms. The Bertz CT molecular complexity index is 680. The maximum Gasteiger partial charge on any atom is 0.337 e. The van der Waals surface area contributed by atoms with E-state index in [2.05, 4.69) is 0 Å². The van der Waals surface area contributed by atoms with Crippen molar-refractivity contribution in [3.05, 3.63) is 39.4 Å². The van der Waals surface area contributed by atoms with E-state index in [4.69, 9.17) is 5.11 Å². The number of nitro groups is 1.